The minimum Gasteiger partial charge on any atom is -0.391 e. The van der Waals surface area contributed by atoms with Gasteiger partial charge in [0, 0.05) is 19.5 Å². The summed E-state index contributed by atoms with van der Waals surface area (Å²) in [7, 11) is 0. The van der Waals surface area contributed by atoms with Gasteiger partial charge in [-0.15, -0.1) is 0 Å². The van der Waals surface area contributed by atoms with E-state index < -0.39 is 59.9 Å². The fourth-order valence-electron chi connectivity index (χ4n) is 4.69. The van der Waals surface area contributed by atoms with Gasteiger partial charge in [0.15, 0.2) is 17.7 Å². The van der Waals surface area contributed by atoms with Crippen molar-refractivity contribution < 1.29 is 33.9 Å². The molecule has 47 heavy (non-hydrogen) atoms. The van der Waals surface area contributed by atoms with Gasteiger partial charge in [-0.1, -0.05) is 0 Å². The maximum Gasteiger partial charge on any atom is 0.245 e. The molecule has 6 atom stereocenters. The molecule has 0 saturated carbocycles. The molecule has 16 N–H and O–H groups in total. The molecule has 1 heterocycles. The molecule has 19 heteroatoms. The summed E-state index contributed by atoms with van der Waals surface area (Å²) in [6.07, 6.45) is 1.13. The molecule has 0 aliphatic carbocycles. The summed E-state index contributed by atoms with van der Waals surface area (Å²) in [5, 5.41) is 23.3. The first-order valence-corrected chi connectivity index (χ1v) is 15.7. The van der Waals surface area contributed by atoms with Gasteiger partial charge < -0.3 is 60.4 Å². The van der Waals surface area contributed by atoms with E-state index in [0.29, 0.717) is 25.8 Å². The Hall–Kier alpha value is -4.52. The van der Waals surface area contributed by atoms with E-state index in [1.165, 1.54) is 13.8 Å². The number of nitrogens with one attached hydrogen (secondary N) is 5. The zero-order valence-corrected chi connectivity index (χ0v) is 27.1. The highest BCUT2D eigenvalue weighted by Crippen LogP contribution is 2.10. The lowest BCUT2D eigenvalue weighted by Gasteiger charge is -2.28. The smallest absolute Gasteiger partial charge is 0.245 e. The Kier molecular flexibility index (Phi) is 18.4. The summed E-state index contributed by atoms with van der Waals surface area (Å²) in [5.41, 5.74) is 27.0. The summed E-state index contributed by atoms with van der Waals surface area (Å²) in [4.78, 5) is 84.4. The number of carbonyl (C=O) groups excluding carboxylic acids is 6. The molecule has 1 fully saturated rings. The van der Waals surface area contributed by atoms with Crippen molar-refractivity contribution in [2.75, 3.05) is 19.6 Å². The van der Waals surface area contributed by atoms with Crippen LogP contribution >= 0.6 is 0 Å². The zero-order chi connectivity index (χ0) is 35.5. The van der Waals surface area contributed by atoms with Crippen molar-refractivity contribution in [2.45, 2.75) is 108 Å². The van der Waals surface area contributed by atoms with Gasteiger partial charge in [-0.05, 0) is 71.8 Å². The van der Waals surface area contributed by atoms with Gasteiger partial charge in [-0.25, -0.2) is 0 Å². The lowest BCUT2D eigenvalue weighted by molar-refractivity contribution is -0.136. The van der Waals surface area contributed by atoms with E-state index in [1.807, 2.05) is 0 Å². The molecule has 0 spiro atoms. The number of aliphatic hydroxyl groups is 1. The van der Waals surface area contributed by atoms with Crippen LogP contribution in [0.5, 0.6) is 0 Å². The number of guanidine groups is 2. The van der Waals surface area contributed by atoms with Crippen molar-refractivity contribution in [3.05, 3.63) is 0 Å². The quantitative estimate of drug-likeness (QED) is 0.0295. The fourth-order valence-corrected chi connectivity index (χ4v) is 4.69. The maximum absolute atomic E-state index is 13.4. The molecule has 0 bridgehead atoms. The molecule has 1 rings (SSSR count). The minimum absolute atomic E-state index is 0.0584. The van der Waals surface area contributed by atoms with Crippen LogP contribution in [0, 0.1) is 0 Å². The second-order valence-electron chi connectivity index (χ2n) is 11.4. The van der Waals surface area contributed by atoms with Crippen molar-refractivity contribution in [1.82, 2.24) is 26.6 Å². The Morgan fingerprint density at radius 3 is 1.81 bits per heavy atom. The average molecular weight is 669 g/mol. The topological polar surface area (TPSA) is 338 Å². The number of unbranched alkanes of at least 4 members (excludes halogenated alkanes) is 1. The summed E-state index contributed by atoms with van der Waals surface area (Å²) >= 11 is 0. The number of amides is 5. The second kappa shape index (κ2) is 21.3. The van der Waals surface area contributed by atoms with Crippen LogP contribution in [0.25, 0.3) is 0 Å². The molecular weight excluding hydrogens is 616 g/mol. The van der Waals surface area contributed by atoms with Crippen LogP contribution < -0.4 is 55.3 Å². The summed E-state index contributed by atoms with van der Waals surface area (Å²) in [6.45, 7) is 3.34. The first kappa shape index (κ1) is 40.5. The Bertz CT molecular complexity index is 1140. The van der Waals surface area contributed by atoms with Gasteiger partial charge in [-0.2, -0.15) is 0 Å². The van der Waals surface area contributed by atoms with Gasteiger partial charge in [-0.3, -0.25) is 38.8 Å². The third-order valence-electron chi connectivity index (χ3n) is 7.29. The Morgan fingerprint density at radius 1 is 0.809 bits per heavy atom. The van der Waals surface area contributed by atoms with Crippen LogP contribution in [0.15, 0.2) is 9.98 Å². The maximum atomic E-state index is 13.4. The molecule has 19 nitrogen and oxygen atoms in total. The highest BCUT2D eigenvalue weighted by atomic mass is 16.3. The Balaban J connectivity index is 3.07. The Labute approximate surface area is 274 Å². The van der Waals surface area contributed by atoms with Crippen LogP contribution in [-0.2, 0) is 28.8 Å². The van der Waals surface area contributed by atoms with E-state index in [1.54, 1.807) is 0 Å². The van der Waals surface area contributed by atoms with E-state index in [0.717, 1.165) is 0 Å². The van der Waals surface area contributed by atoms with E-state index >= 15 is 0 Å². The van der Waals surface area contributed by atoms with Crippen LogP contribution in [0.2, 0.25) is 0 Å². The number of aliphatic imine (C=N–C) groups is 2. The predicted octanol–water partition coefficient (Wildman–Crippen LogP) is -4.59. The van der Waals surface area contributed by atoms with Crippen molar-refractivity contribution >= 4 is 47.2 Å². The Morgan fingerprint density at radius 2 is 1.32 bits per heavy atom. The van der Waals surface area contributed by atoms with E-state index in [9.17, 15) is 33.9 Å². The number of ketones is 1. The van der Waals surface area contributed by atoms with E-state index in [4.69, 9.17) is 28.7 Å². The van der Waals surface area contributed by atoms with Gasteiger partial charge in [0.2, 0.25) is 29.5 Å². The number of hydrogen-bond acceptors (Lipinski definition) is 10. The number of nitrogens with zero attached hydrogens (tertiary/aromatic N) is 2. The second-order valence-corrected chi connectivity index (χ2v) is 11.4. The van der Waals surface area contributed by atoms with Crippen molar-refractivity contribution in [3.63, 3.8) is 0 Å². The molecule has 0 aromatic heterocycles. The predicted molar refractivity (Wildman–Crippen MR) is 174 cm³/mol. The molecule has 1 saturated heterocycles. The molecule has 0 radical (unpaired) electrons. The molecule has 0 aromatic carbocycles. The number of rotatable bonds is 22. The van der Waals surface area contributed by atoms with E-state index in [2.05, 4.69) is 36.6 Å². The molecule has 0 unspecified atom stereocenters. The SMILES string of the molecule is CC(=O)[C@H](CCCN=C(N)N)NC(=O)[C@H](CCCCN)NC(=O)[C@@H](NC(=O)[C@H](CCCN=C(N)N)NC(=O)[C@@H]1CCC(=O)N1)[C@@H](C)O. The number of carbonyl (C=O) groups is 6. The average Bonchev–Trinajstić information content (AvgIpc) is 3.43. The molecule has 0 aromatic rings. The summed E-state index contributed by atoms with van der Waals surface area (Å²) in [5.74, 6) is -3.76. The lowest BCUT2D eigenvalue weighted by Crippen LogP contribution is -2.60. The molecule has 1 aliphatic heterocycles. The molecule has 5 amide bonds. The first-order chi connectivity index (χ1) is 22.2. The van der Waals surface area contributed by atoms with Crippen molar-refractivity contribution in [2.24, 2.45) is 38.7 Å². The number of hydrogen-bond donors (Lipinski definition) is 11. The lowest BCUT2D eigenvalue weighted by atomic mass is 10.0. The first-order valence-electron chi connectivity index (χ1n) is 15.7. The summed E-state index contributed by atoms with van der Waals surface area (Å²) in [6, 6.07) is -5.54. The molecule has 1 aliphatic rings. The van der Waals surface area contributed by atoms with Gasteiger partial charge >= 0.3 is 0 Å². The highest BCUT2D eigenvalue weighted by molar-refractivity contribution is 5.97. The van der Waals surface area contributed by atoms with E-state index in [-0.39, 0.29) is 75.2 Å². The van der Waals surface area contributed by atoms with Gasteiger partial charge in [0.05, 0.1) is 12.1 Å². The zero-order valence-electron chi connectivity index (χ0n) is 27.1. The monoisotopic (exact) mass is 668 g/mol. The summed E-state index contributed by atoms with van der Waals surface area (Å²) < 4.78 is 0. The van der Waals surface area contributed by atoms with Crippen molar-refractivity contribution in [1.29, 1.82) is 0 Å². The number of nitrogens with two attached hydrogens (primary N) is 5. The number of aliphatic hydroxyl groups excluding tert-OH is 1. The standard InChI is InChI=1S/C28H52N12O7/c1-15(41)17(8-5-13-34-27(30)31)37-23(44)18(7-3-4-12-29)39-26(47)22(16(2)42)40-25(46)19(9-6-14-35-28(32)33)38-24(45)20-10-11-21(43)36-20/h16-20,22,42H,3-14,29H2,1-2H3,(H,36,43)(H,37,44)(H,38,45)(H,39,47)(H,40,46)(H4,30,31,34)(H4,32,33,35)/t16-,17+,18+,19+,20+,22+/m1/s1. The fraction of sp³-hybridized carbons (Fsp3) is 0.714. The van der Waals surface area contributed by atoms with Crippen LogP contribution in [0.3, 0.4) is 0 Å². The normalized spacial score (nSPS) is 17.1. The van der Waals surface area contributed by atoms with Crippen LogP contribution in [0.4, 0.5) is 0 Å². The van der Waals surface area contributed by atoms with Crippen molar-refractivity contribution in [3.8, 4) is 0 Å². The third-order valence-corrected chi connectivity index (χ3v) is 7.29. The van der Waals surface area contributed by atoms with Crippen LogP contribution in [-0.4, -0.2) is 108 Å². The third kappa shape index (κ3) is 16.0. The van der Waals surface area contributed by atoms with Gasteiger partial charge in [0.25, 0.3) is 0 Å². The van der Waals surface area contributed by atoms with Gasteiger partial charge in [0.1, 0.15) is 24.2 Å². The molecular formula is C28H52N12O7. The largest absolute Gasteiger partial charge is 0.391 e. The highest BCUT2D eigenvalue weighted by Gasteiger charge is 2.34. The van der Waals surface area contributed by atoms with Crippen LogP contribution in [0.1, 0.15) is 71.6 Å². The number of Topliss-reactive ketones (excluding diaryl/α,β-unsaturated/α-hetero) is 1. The molecule has 266 valence electrons. The minimum atomic E-state index is -1.53.